The van der Waals surface area contributed by atoms with E-state index in [4.69, 9.17) is 0 Å². The second-order valence-electron chi connectivity index (χ2n) is 0. The molecule has 0 aliphatic heterocycles. The zero-order valence-electron chi connectivity index (χ0n) is 2.14. The fourth-order valence-electron chi connectivity index (χ4n) is 0. The maximum atomic E-state index is 3.83. The van der Waals surface area contributed by atoms with Gasteiger partial charge in [-0.3, -0.25) is 0 Å². The van der Waals surface area contributed by atoms with Crippen LogP contribution >= 0.6 is 10.6 Å². The van der Waals surface area contributed by atoms with Gasteiger partial charge in [0.05, 0.1) is 0 Å². The molecule has 0 N–H and O–H groups in total. The van der Waals surface area contributed by atoms with E-state index in [1.54, 1.807) is 0 Å². The topological polar surface area (TPSA) is 0 Å². The van der Waals surface area contributed by atoms with Crippen molar-refractivity contribution in [3.63, 3.8) is 0 Å². The molecule has 0 spiro atoms. The summed E-state index contributed by atoms with van der Waals surface area (Å²) in [6, 6.07) is 0. The molecule has 4 heteroatoms. The molecule has 0 aliphatic rings. The zero-order chi connectivity index (χ0) is 2.00. The second-order valence-corrected chi connectivity index (χ2v) is 0. The van der Waals surface area contributed by atoms with Crippen LogP contribution in [0.4, 0.5) is 0 Å². The minimum atomic E-state index is 0. The first kappa shape index (κ1) is 16.6. The zero-order valence-corrected chi connectivity index (χ0v) is 6.82. The van der Waals surface area contributed by atoms with Gasteiger partial charge in [-0.15, -0.1) is 0 Å². The Morgan fingerprint density at radius 3 is 1.25 bits per heavy atom. The quantitative estimate of drug-likeness (QED) is 0.308. The summed E-state index contributed by atoms with van der Waals surface area (Å²) < 4.78 is 0. The van der Waals surface area contributed by atoms with Crippen LogP contribution in [-0.4, -0.2) is 0 Å². The normalized spacial score (nSPS) is 1.25. The SMILES string of the molecule is [Cl-].[Na+].[S]=[Fe]. The van der Waals surface area contributed by atoms with Crippen LogP contribution in [0, 0.1) is 0 Å². The van der Waals surface area contributed by atoms with E-state index >= 15 is 0 Å². The molecule has 22 valence electrons. The van der Waals surface area contributed by atoms with Crippen LogP contribution in [0.1, 0.15) is 0 Å². The maximum absolute atomic E-state index is 3.83. The molecular weight excluding hydrogens is 146 g/mol. The van der Waals surface area contributed by atoms with Crippen molar-refractivity contribution in [1.29, 1.82) is 0 Å². The Morgan fingerprint density at radius 1 is 1.25 bits per heavy atom. The van der Waals surface area contributed by atoms with Gasteiger partial charge >= 0.3 is 54.5 Å². The Balaban J connectivity index is -0.00000000500. The third-order valence-electron chi connectivity index (χ3n) is 0. The van der Waals surface area contributed by atoms with E-state index in [-0.39, 0.29) is 42.0 Å². The van der Waals surface area contributed by atoms with Gasteiger partial charge in [0.15, 0.2) is 0 Å². The van der Waals surface area contributed by atoms with Crippen LogP contribution in [0.25, 0.3) is 0 Å². The summed E-state index contributed by atoms with van der Waals surface area (Å²) in [6.07, 6.45) is 0. The summed E-state index contributed by atoms with van der Waals surface area (Å²) in [5.41, 5.74) is 0. The standard InChI is InChI=1S/ClH.Fe.Na.S/h1H;;;/q;;+1;/p-1. The van der Waals surface area contributed by atoms with E-state index in [2.05, 4.69) is 24.9 Å². The first-order valence-electron chi connectivity index (χ1n) is 0.144. The van der Waals surface area contributed by atoms with Crippen LogP contribution in [0.15, 0.2) is 0 Å². The van der Waals surface area contributed by atoms with Gasteiger partial charge in [0.1, 0.15) is 0 Å². The monoisotopic (exact) mass is 146 g/mol. The molecule has 0 saturated carbocycles. The minimum absolute atomic E-state index is 0. The number of hydrogen-bond donors (Lipinski definition) is 0. The van der Waals surface area contributed by atoms with Gasteiger partial charge in [0.25, 0.3) is 0 Å². The molecule has 0 nitrogen and oxygen atoms in total. The Labute approximate surface area is 66.1 Å². The molecule has 0 aromatic rings. The van der Waals surface area contributed by atoms with Crippen molar-refractivity contribution in [3.8, 4) is 0 Å². The van der Waals surface area contributed by atoms with Crippen LogP contribution in [0.2, 0.25) is 0 Å². The number of halogens is 1. The van der Waals surface area contributed by atoms with Gasteiger partial charge in [0.2, 0.25) is 0 Å². The predicted molar refractivity (Wildman–Crippen MR) is 7.59 cm³/mol. The fourth-order valence-corrected chi connectivity index (χ4v) is 0. The average molecular weight is 146 g/mol. The first-order valence-corrected chi connectivity index (χ1v) is 1.79. The van der Waals surface area contributed by atoms with E-state index in [9.17, 15) is 0 Å². The Hall–Kier alpha value is 2.03. The molecule has 0 heterocycles. The van der Waals surface area contributed by atoms with E-state index in [0.717, 1.165) is 0 Å². The molecule has 0 bridgehead atoms. The Bertz CT molecular complexity index is 8.00. The molecule has 0 aromatic heterocycles. The number of rotatable bonds is 0. The molecule has 0 aromatic carbocycles. The van der Waals surface area contributed by atoms with Crippen molar-refractivity contribution in [3.05, 3.63) is 0 Å². The van der Waals surface area contributed by atoms with Gasteiger partial charge in [-0.1, -0.05) is 0 Å². The van der Waals surface area contributed by atoms with Crippen molar-refractivity contribution in [2.75, 3.05) is 0 Å². The molecule has 0 atom stereocenters. The van der Waals surface area contributed by atoms with Crippen LogP contribution in [-0.2, 0) is 14.4 Å². The summed E-state index contributed by atoms with van der Waals surface area (Å²) in [5, 5.41) is 0. The van der Waals surface area contributed by atoms with Crippen molar-refractivity contribution in [2.45, 2.75) is 0 Å². The molecule has 0 fully saturated rings. The molecule has 0 amide bonds. The Morgan fingerprint density at radius 2 is 1.25 bits per heavy atom. The molecule has 0 unspecified atom stereocenters. The van der Waals surface area contributed by atoms with Gasteiger partial charge in [-0.05, 0) is 0 Å². The van der Waals surface area contributed by atoms with E-state index in [1.807, 2.05) is 0 Å². The van der Waals surface area contributed by atoms with E-state index in [1.165, 1.54) is 0 Å². The molecule has 0 aliphatic carbocycles. The summed E-state index contributed by atoms with van der Waals surface area (Å²) in [7, 11) is 3.83. The third kappa shape index (κ3) is 8.98. The summed E-state index contributed by atoms with van der Waals surface area (Å²) in [6.45, 7) is 0. The predicted octanol–water partition coefficient (Wildman–Crippen LogP) is -5.35. The fraction of sp³-hybridized carbons (Fsp3) is 0. The summed E-state index contributed by atoms with van der Waals surface area (Å²) in [4.78, 5) is 0. The van der Waals surface area contributed by atoms with E-state index < -0.39 is 0 Å². The van der Waals surface area contributed by atoms with Crippen molar-refractivity contribution in [2.24, 2.45) is 0 Å². The average Bonchev–Trinajstić information content (AvgIpc) is 1.00. The van der Waals surface area contributed by atoms with Gasteiger partial charge in [0, 0.05) is 0 Å². The van der Waals surface area contributed by atoms with Gasteiger partial charge < -0.3 is 12.4 Å². The summed E-state index contributed by atoms with van der Waals surface area (Å²) >= 11 is 2.83. The molecule has 4 heavy (non-hydrogen) atoms. The molecule has 0 radical (unpaired) electrons. The third-order valence-corrected chi connectivity index (χ3v) is 0. The van der Waals surface area contributed by atoms with Crippen LogP contribution < -0.4 is 42.0 Å². The van der Waals surface area contributed by atoms with Crippen LogP contribution in [0.5, 0.6) is 0 Å². The Kier molecular flexibility index (Phi) is 82.4. The molecule has 0 rings (SSSR count). The molecule has 0 saturated heterocycles. The number of hydrogen-bond acceptors (Lipinski definition) is 1. The van der Waals surface area contributed by atoms with Gasteiger partial charge in [-0.2, -0.15) is 0 Å². The van der Waals surface area contributed by atoms with Crippen molar-refractivity contribution in [1.82, 2.24) is 0 Å². The van der Waals surface area contributed by atoms with Crippen molar-refractivity contribution < 1.29 is 56.3 Å². The van der Waals surface area contributed by atoms with Crippen molar-refractivity contribution >= 4 is 10.6 Å². The molecular formula is ClFeNaS. The van der Waals surface area contributed by atoms with E-state index in [0.29, 0.717) is 0 Å². The van der Waals surface area contributed by atoms with Crippen LogP contribution in [0.3, 0.4) is 0 Å². The first-order chi connectivity index (χ1) is 1.00. The van der Waals surface area contributed by atoms with Gasteiger partial charge in [-0.25, -0.2) is 0 Å². The summed E-state index contributed by atoms with van der Waals surface area (Å²) in [5.74, 6) is 0. The second kappa shape index (κ2) is 19.8.